The summed E-state index contributed by atoms with van der Waals surface area (Å²) in [5, 5.41) is 16.1. The number of aryl methyl sites for hydroxylation is 1. The van der Waals surface area contributed by atoms with Crippen molar-refractivity contribution in [2.75, 3.05) is 22.9 Å². The molecule has 0 aliphatic carbocycles. The van der Waals surface area contributed by atoms with Gasteiger partial charge in [0.2, 0.25) is 10.0 Å². The lowest BCUT2D eigenvalue weighted by Crippen LogP contribution is -2.54. The summed E-state index contributed by atoms with van der Waals surface area (Å²) in [6.45, 7) is 5.40. The predicted molar refractivity (Wildman–Crippen MR) is 185 cm³/mol. The highest BCUT2D eigenvalue weighted by Crippen LogP contribution is 2.37. The second kappa shape index (κ2) is 13.8. The van der Waals surface area contributed by atoms with Crippen molar-refractivity contribution in [2.45, 2.75) is 75.9 Å². The molecule has 3 heterocycles. The third-order valence-electron chi connectivity index (χ3n) is 9.27. The van der Waals surface area contributed by atoms with Gasteiger partial charge in [0.05, 0.1) is 35.8 Å². The van der Waals surface area contributed by atoms with Crippen molar-refractivity contribution < 1.29 is 35.7 Å². The van der Waals surface area contributed by atoms with Crippen molar-refractivity contribution in [3.8, 4) is 0 Å². The summed E-state index contributed by atoms with van der Waals surface area (Å²) in [7, 11) is -4.39. The molecule has 2 aliphatic rings. The molecule has 0 radical (unpaired) electrons. The van der Waals surface area contributed by atoms with Crippen molar-refractivity contribution in [3.63, 3.8) is 0 Å². The van der Waals surface area contributed by atoms with Crippen LogP contribution in [0.4, 0.5) is 39.5 Å². The molecule has 276 valence electrons. The molecule has 12 nitrogen and oxygen atoms in total. The van der Waals surface area contributed by atoms with E-state index >= 15 is 0 Å². The van der Waals surface area contributed by atoms with Crippen LogP contribution in [0, 0.1) is 22.9 Å². The fraction of sp³-hybridized carbons (Fsp3) is 0.371. The van der Waals surface area contributed by atoms with Crippen LogP contribution >= 0.6 is 0 Å². The summed E-state index contributed by atoms with van der Waals surface area (Å²) in [5.41, 5.74) is -1.07. The second-order valence-corrected chi connectivity index (χ2v) is 15.3. The Balaban J connectivity index is 1.29. The Labute approximate surface area is 297 Å². The zero-order valence-corrected chi connectivity index (χ0v) is 29.4. The van der Waals surface area contributed by atoms with Gasteiger partial charge in [-0.2, -0.15) is 18.3 Å². The van der Waals surface area contributed by atoms with Gasteiger partial charge in [-0.3, -0.25) is 19.7 Å². The van der Waals surface area contributed by atoms with Gasteiger partial charge in [-0.05, 0) is 62.9 Å². The van der Waals surface area contributed by atoms with Crippen LogP contribution in [-0.4, -0.2) is 58.7 Å². The Morgan fingerprint density at radius 3 is 2.35 bits per heavy atom. The van der Waals surface area contributed by atoms with Crippen molar-refractivity contribution in [3.05, 3.63) is 111 Å². The number of sulfonamides is 1. The molecule has 1 saturated heterocycles. The molecule has 6 rings (SSSR count). The number of carbonyl (C=O) groups excluding carboxylic acids is 1. The fourth-order valence-electron chi connectivity index (χ4n) is 7.02. The van der Waals surface area contributed by atoms with Gasteiger partial charge in [0.1, 0.15) is 5.82 Å². The highest BCUT2D eigenvalue weighted by molar-refractivity contribution is 7.89. The Morgan fingerprint density at radius 1 is 1.00 bits per heavy atom. The van der Waals surface area contributed by atoms with Crippen LogP contribution < -0.4 is 14.5 Å². The molecule has 0 saturated carbocycles. The molecule has 1 aromatic heterocycles. The topological polar surface area (TPSA) is 134 Å². The number of rotatable bonds is 10. The van der Waals surface area contributed by atoms with Crippen molar-refractivity contribution >= 4 is 33.2 Å². The average Bonchev–Trinajstić information content (AvgIpc) is 3.46. The summed E-state index contributed by atoms with van der Waals surface area (Å²) in [6, 6.07) is 14.0. The van der Waals surface area contributed by atoms with Crippen LogP contribution in [0.1, 0.15) is 48.9 Å². The van der Waals surface area contributed by atoms with E-state index in [0.717, 1.165) is 23.8 Å². The highest BCUT2D eigenvalue weighted by atomic mass is 32.2. The summed E-state index contributed by atoms with van der Waals surface area (Å²) in [5.74, 6) is -0.207. The summed E-state index contributed by atoms with van der Waals surface area (Å²) < 4.78 is 87.5. The van der Waals surface area contributed by atoms with Crippen molar-refractivity contribution in [2.24, 2.45) is 0 Å². The lowest BCUT2D eigenvalue weighted by atomic mass is 10.00. The Bertz CT molecular complexity index is 2090. The van der Waals surface area contributed by atoms with E-state index < -0.39 is 55.4 Å². The number of halogens is 4. The number of anilines is 2. The smallest absolute Gasteiger partial charge is 0.369 e. The van der Waals surface area contributed by atoms with Crippen LogP contribution in [0.5, 0.6) is 0 Å². The first-order chi connectivity index (χ1) is 24.4. The van der Waals surface area contributed by atoms with E-state index in [4.69, 9.17) is 0 Å². The number of nitrogens with zero attached hydrogens (tertiary/aromatic N) is 6. The molecule has 0 bridgehead atoms. The molecule has 1 N–H and O–H groups in total. The van der Waals surface area contributed by atoms with E-state index in [1.807, 2.05) is 17.9 Å². The molecule has 17 heteroatoms. The molecule has 4 aromatic rings. The van der Waals surface area contributed by atoms with E-state index in [0.29, 0.717) is 37.2 Å². The average molecular weight is 744 g/mol. The van der Waals surface area contributed by atoms with Gasteiger partial charge in [0, 0.05) is 42.5 Å². The highest BCUT2D eigenvalue weighted by Gasteiger charge is 2.41. The number of hydrogen-bond donors (Lipinski definition) is 1. The zero-order valence-electron chi connectivity index (χ0n) is 28.6. The zero-order chi connectivity index (χ0) is 37.6. The molecular weight excluding hydrogens is 706 g/mol. The number of nitrogens with one attached hydrogen (secondary N) is 1. The Morgan fingerprint density at radius 2 is 1.67 bits per heavy atom. The van der Waals surface area contributed by atoms with E-state index in [1.165, 1.54) is 46.0 Å². The first kappa shape index (κ1) is 36.8. The van der Waals surface area contributed by atoms with Gasteiger partial charge in [-0.15, -0.1) is 0 Å². The van der Waals surface area contributed by atoms with Crippen LogP contribution in [0.3, 0.4) is 0 Å². The Kier molecular flexibility index (Phi) is 9.78. The van der Waals surface area contributed by atoms with Gasteiger partial charge >= 0.3 is 12.2 Å². The molecule has 52 heavy (non-hydrogen) atoms. The summed E-state index contributed by atoms with van der Waals surface area (Å²) in [4.78, 5) is 29.2. The largest absolute Gasteiger partial charge is 0.416 e. The van der Waals surface area contributed by atoms with Crippen LogP contribution in [0.15, 0.2) is 77.8 Å². The van der Waals surface area contributed by atoms with Gasteiger partial charge in [-0.1, -0.05) is 42.5 Å². The normalized spacial score (nSPS) is 16.0. The lowest BCUT2D eigenvalue weighted by molar-refractivity contribution is -0.387. The number of piperidine rings is 1. The van der Waals surface area contributed by atoms with Crippen LogP contribution in [-0.2, 0) is 35.8 Å². The molecular formula is C35H37F4N7O5S. The summed E-state index contributed by atoms with van der Waals surface area (Å²) >= 11 is 0. The minimum atomic E-state index is -4.68. The van der Waals surface area contributed by atoms with Gasteiger partial charge in [0.25, 0.3) is 5.69 Å². The molecule has 1 fully saturated rings. The number of nitro benzene ring substituents is 1. The maximum Gasteiger partial charge on any atom is 0.416 e. The number of aromatic nitrogens is 2. The monoisotopic (exact) mass is 743 g/mol. The molecule has 0 unspecified atom stereocenters. The fourth-order valence-corrected chi connectivity index (χ4v) is 8.60. The van der Waals surface area contributed by atoms with Crippen molar-refractivity contribution in [1.29, 1.82) is 0 Å². The quantitative estimate of drug-likeness (QED) is 0.110. The van der Waals surface area contributed by atoms with E-state index in [9.17, 15) is 40.9 Å². The number of fused-ring (bicyclic) bond motifs is 1. The van der Waals surface area contributed by atoms with Crippen LogP contribution in [0.2, 0.25) is 0 Å². The maximum atomic E-state index is 14.8. The molecule has 0 atom stereocenters. The first-order valence-electron chi connectivity index (χ1n) is 16.5. The van der Waals surface area contributed by atoms with Crippen LogP contribution in [0.25, 0.3) is 0 Å². The number of nitro groups is 1. The maximum absolute atomic E-state index is 14.8. The lowest BCUT2D eigenvalue weighted by Gasteiger charge is -2.43. The number of para-hydroxylation sites is 2. The number of carbonyl (C=O) groups is 1. The van der Waals surface area contributed by atoms with Gasteiger partial charge in [0.15, 0.2) is 10.7 Å². The van der Waals surface area contributed by atoms with E-state index in [-0.39, 0.29) is 36.3 Å². The molecule has 2 amide bonds. The first-order valence-corrected chi connectivity index (χ1v) is 18.0. The standard InChI is InChI=1S/C35H37F4N7O5S/c1-23-9-8-12-28(36)31(23)42-17-15-26(16-18-42)44-21-25-19-43(22-34(2,3)41-52(50,51)30-14-7-6-13-29(30)46(48)49)40-32(25)45(33(44)47)20-24-10-4-5-11-27(24)35(37,38)39/h4-14,19,26,41H,15-18,20-22H2,1-3H3. The minimum Gasteiger partial charge on any atom is -0.369 e. The SMILES string of the molecule is Cc1cccc(F)c1N1CCC(N2Cc3cn(CC(C)(C)NS(=O)(=O)c4ccccc4[N+](=O)[O-])nc3N(Cc3ccccc3C(F)(F)F)C2=O)CC1. The van der Waals surface area contributed by atoms with Gasteiger partial charge < -0.3 is 9.80 Å². The summed E-state index contributed by atoms with van der Waals surface area (Å²) in [6.07, 6.45) is -2.09. The second-order valence-electron chi connectivity index (χ2n) is 13.7. The number of hydrogen-bond acceptors (Lipinski definition) is 7. The van der Waals surface area contributed by atoms with Gasteiger partial charge in [-0.25, -0.2) is 22.3 Å². The molecule has 2 aliphatic heterocycles. The Hall–Kier alpha value is -5.03. The third-order valence-corrected chi connectivity index (χ3v) is 11.0. The number of alkyl halides is 3. The number of urea groups is 1. The van der Waals surface area contributed by atoms with Crippen molar-refractivity contribution in [1.82, 2.24) is 19.4 Å². The minimum absolute atomic E-state index is 0.0946. The number of benzene rings is 3. The third kappa shape index (κ3) is 7.46. The molecule has 0 spiro atoms. The number of amides is 2. The van der Waals surface area contributed by atoms with E-state index in [1.54, 1.807) is 31.0 Å². The van der Waals surface area contributed by atoms with E-state index in [2.05, 4.69) is 9.82 Å². The predicted octanol–water partition coefficient (Wildman–Crippen LogP) is 6.63. The molecule has 3 aromatic carbocycles.